The van der Waals surface area contributed by atoms with Gasteiger partial charge in [-0.2, -0.15) is 0 Å². The van der Waals surface area contributed by atoms with Crippen molar-refractivity contribution in [1.82, 2.24) is 0 Å². The highest BCUT2D eigenvalue weighted by molar-refractivity contribution is 6.26. The van der Waals surface area contributed by atoms with E-state index in [4.69, 9.17) is 21.1 Å². The highest BCUT2D eigenvalue weighted by atomic mass is 35.5. The molecule has 1 saturated heterocycles. The molecule has 2 aliphatic rings. The maximum absolute atomic E-state index is 11.5. The number of rotatable bonds is 1. The molecule has 0 saturated carbocycles. The molecule has 0 aromatic heterocycles. The van der Waals surface area contributed by atoms with E-state index in [-0.39, 0.29) is 11.3 Å². The quantitative estimate of drug-likeness (QED) is 0.408. The van der Waals surface area contributed by atoms with Gasteiger partial charge in [0.1, 0.15) is 6.10 Å². The van der Waals surface area contributed by atoms with Gasteiger partial charge in [0.2, 0.25) is 0 Å². The molecular weight excluding hydrogens is 264 g/mol. The summed E-state index contributed by atoms with van der Waals surface area (Å²) in [6.07, 6.45) is -1.64. The molecule has 7 heteroatoms. The summed E-state index contributed by atoms with van der Waals surface area (Å²) in [7, 11) is 1.20. The minimum Gasteiger partial charge on any atom is -0.475 e. The van der Waals surface area contributed by atoms with E-state index in [1.54, 1.807) is 0 Å². The Morgan fingerprint density at radius 2 is 2.22 bits per heavy atom. The van der Waals surface area contributed by atoms with Crippen LogP contribution in [-0.4, -0.2) is 47.8 Å². The third kappa shape index (κ3) is 1.97. The van der Waals surface area contributed by atoms with Crippen LogP contribution in [-0.2, 0) is 23.8 Å². The second-order valence-electron chi connectivity index (χ2n) is 3.88. The molecule has 2 rings (SSSR count). The summed E-state index contributed by atoms with van der Waals surface area (Å²) >= 11 is 5.92. The van der Waals surface area contributed by atoms with E-state index < -0.39 is 35.6 Å². The summed E-state index contributed by atoms with van der Waals surface area (Å²) in [6.45, 7) is 3.36. The number of halogens is 1. The van der Waals surface area contributed by atoms with Gasteiger partial charge in [-0.25, -0.2) is 9.59 Å². The molecule has 0 unspecified atom stereocenters. The predicted molar refractivity (Wildman–Crippen MR) is 59.6 cm³/mol. The molecule has 1 fully saturated rings. The molecule has 0 bridgehead atoms. The van der Waals surface area contributed by atoms with Crippen molar-refractivity contribution in [2.24, 2.45) is 0 Å². The van der Waals surface area contributed by atoms with E-state index in [1.807, 2.05) is 0 Å². The van der Waals surface area contributed by atoms with E-state index in [2.05, 4.69) is 11.3 Å². The summed E-state index contributed by atoms with van der Waals surface area (Å²) in [5, 5.41) is 8.90. The molecule has 0 spiro atoms. The molecule has 6 nitrogen and oxygen atoms in total. The van der Waals surface area contributed by atoms with Crippen molar-refractivity contribution in [3.63, 3.8) is 0 Å². The summed E-state index contributed by atoms with van der Waals surface area (Å²) < 4.78 is 14.7. The lowest BCUT2D eigenvalue weighted by Crippen LogP contribution is -2.53. The van der Waals surface area contributed by atoms with Crippen LogP contribution in [0.5, 0.6) is 0 Å². The van der Waals surface area contributed by atoms with Crippen molar-refractivity contribution in [2.45, 2.75) is 23.7 Å². The van der Waals surface area contributed by atoms with Gasteiger partial charge >= 0.3 is 11.9 Å². The topological polar surface area (TPSA) is 82.1 Å². The predicted octanol–water partition coefficient (Wildman–Crippen LogP) is -0.108. The molecular formula is C11H11ClO6. The number of esters is 2. The summed E-state index contributed by atoms with van der Waals surface area (Å²) in [6, 6.07) is 0. The minimum absolute atomic E-state index is 0.0682. The van der Waals surface area contributed by atoms with Crippen LogP contribution >= 0.6 is 11.6 Å². The van der Waals surface area contributed by atoms with E-state index >= 15 is 0 Å². The molecule has 1 aliphatic heterocycles. The molecule has 1 aliphatic carbocycles. The Bertz CT molecular complexity index is 443. The fourth-order valence-corrected chi connectivity index (χ4v) is 2.15. The lowest BCUT2D eigenvalue weighted by Gasteiger charge is -2.38. The first-order valence-electron chi connectivity index (χ1n) is 5.14. The normalized spacial score (nSPS) is 34.9. The minimum atomic E-state index is -1.26. The number of fused-ring (bicyclic) bond motifs is 1. The van der Waals surface area contributed by atoms with Crippen LogP contribution in [0.2, 0.25) is 0 Å². The molecule has 1 heterocycles. The smallest absolute Gasteiger partial charge is 0.373 e. The maximum atomic E-state index is 11.5. The zero-order valence-corrected chi connectivity index (χ0v) is 10.2. The number of aliphatic hydroxyl groups excluding tert-OH is 1. The molecule has 18 heavy (non-hydrogen) atoms. The van der Waals surface area contributed by atoms with Crippen LogP contribution in [0.1, 0.15) is 0 Å². The molecule has 0 amide bonds. The Morgan fingerprint density at radius 1 is 1.56 bits per heavy atom. The molecule has 1 N–H and O–H groups in total. The first kappa shape index (κ1) is 12.9. The van der Waals surface area contributed by atoms with Gasteiger partial charge in [0.25, 0.3) is 0 Å². The average Bonchev–Trinajstić information content (AvgIpc) is 2.35. The summed E-state index contributed by atoms with van der Waals surface area (Å²) in [4.78, 5) is 22.7. The second-order valence-corrected chi connectivity index (χ2v) is 4.35. The monoisotopic (exact) mass is 274 g/mol. The Labute approximate surface area is 108 Å². The highest BCUT2D eigenvalue weighted by Crippen LogP contribution is 2.32. The third-order valence-electron chi connectivity index (χ3n) is 2.77. The Kier molecular flexibility index (Phi) is 3.32. The number of aliphatic hydroxyl groups is 1. The number of alkyl halides is 1. The van der Waals surface area contributed by atoms with E-state index in [1.165, 1.54) is 13.2 Å². The standard InChI is InChI=1S/C11H11ClO6/c1-4-10(14)18-9-6(17-4)3-5(11(15)16-2)7(12)8(9)13/h3,6-9,13H,1H2,2H3/t6-,7+,8-,9+/m1/s1. The van der Waals surface area contributed by atoms with Crippen LogP contribution in [0.4, 0.5) is 0 Å². The fourth-order valence-electron chi connectivity index (χ4n) is 1.85. The van der Waals surface area contributed by atoms with Gasteiger partial charge in [-0.3, -0.25) is 0 Å². The molecule has 0 radical (unpaired) electrons. The number of methoxy groups -OCH3 is 1. The SMILES string of the molecule is C=C1O[C@@H]2C=C(C(=O)OC)[C@H](Cl)[C@@H](O)[C@H]2OC1=O. The number of carbonyl (C=O) groups excluding carboxylic acids is 2. The van der Waals surface area contributed by atoms with Crippen molar-refractivity contribution in [3.8, 4) is 0 Å². The molecule has 98 valence electrons. The van der Waals surface area contributed by atoms with Gasteiger partial charge in [0.15, 0.2) is 18.0 Å². The van der Waals surface area contributed by atoms with Crippen molar-refractivity contribution in [1.29, 1.82) is 0 Å². The molecule has 4 atom stereocenters. The molecule has 0 aromatic carbocycles. The lowest BCUT2D eigenvalue weighted by atomic mass is 9.91. The zero-order chi connectivity index (χ0) is 13.4. The van der Waals surface area contributed by atoms with Crippen molar-refractivity contribution in [2.75, 3.05) is 7.11 Å². The van der Waals surface area contributed by atoms with Gasteiger partial charge in [0.05, 0.1) is 18.1 Å². The van der Waals surface area contributed by atoms with Crippen LogP contribution in [0.25, 0.3) is 0 Å². The van der Waals surface area contributed by atoms with E-state index in [0.29, 0.717) is 0 Å². The van der Waals surface area contributed by atoms with Gasteiger partial charge in [-0.15, -0.1) is 11.6 Å². The van der Waals surface area contributed by atoms with Gasteiger partial charge in [-0.1, -0.05) is 0 Å². The molecule has 0 aromatic rings. The zero-order valence-electron chi connectivity index (χ0n) is 9.46. The van der Waals surface area contributed by atoms with Gasteiger partial charge < -0.3 is 19.3 Å². The van der Waals surface area contributed by atoms with E-state index in [9.17, 15) is 14.7 Å². The van der Waals surface area contributed by atoms with E-state index in [0.717, 1.165) is 0 Å². The largest absolute Gasteiger partial charge is 0.475 e. The van der Waals surface area contributed by atoms with Crippen molar-refractivity contribution >= 4 is 23.5 Å². The average molecular weight is 275 g/mol. The van der Waals surface area contributed by atoms with Crippen LogP contribution in [0, 0.1) is 0 Å². The number of carbonyl (C=O) groups is 2. The van der Waals surface area contributed by atoms with Gasteiger partial charge in [-0.05, 0) is 12.7 Å². The Morgan fingerprint density at radius 3 is 2.83 bits per heavy atom. The first-order valence-corrected chi connectivity index (χ1v) is 5.58. The second kappa shape index (κ2) is 4.62. The number of hydrogen-bond acceptors (Lipinski definition) is 6. The van der Waals surface area contributed by atoms with Crippen molar-refractivity contribution < 1.29 is 28.9 Å². The summed E-state index contributed by atoms with van der Waals surface area (Å²) in [5.41, 5.74) is 0.0682. The Balaban J connectivity index is 2.33. The third-order valence-corrected chi connectivity index (χ3v) is 3.26. The summed E-state index contributed by atoms with van der Waals surface area (Å²) in [5.74, 6) is -1.61. The highest BCUT2D eigenvalue weighted by Gasteiger charge is 2.47. The lowest BCUT2D eigenvalue weighted by molar-refractivity contribution is -0.178. The maximum Gasteiger partial charge on any atom is 0.373 e. The van der Waals surface area contributed by atoms with Crippen LogP contribution in [0.3, 0.4) is 0 Å². The van der Waals surface area contributed by atoms with Crippen LogP contribution in [0.15, 0.2) is 24.0 Å². The Hall–Kier alpha value is -1.53. The first-order chi connectivity index (χ1) is 8.45. The number of hydrogen-bond donors (Lipinski definition) is 1. The van der Waals surface area contributed by atoms with Crippen LogP contribution < -0.4 is 0 Å². The van der Waals surface area contributed by atoms with Crippen molar-refractivity contribution in [3.05, 3.63) is 24.0 Å². The van der Waals surface area contributed by atoms with Gasteiger partial charge in [0, 0.05) is 0 Å². The number of ether oxygens (including phenoxy) is 3. The fraction of sp³-hybridized carbons (Fsp3) is 0.455.